The number of ether oxygens (including phenoxy) is 3. The van der Waals surface area contributed by atoms with Crippen molar-refractivity contribution in [2.24, 2.45) is 10.9 Å². The van der Waals surface area contributed by atoms with E-state index in [1.54, 1.807) is 32.4 Å². The Labute approximate surface area is 124 Å². The van der Waals surface area contributed by atoms with Crippen LogP contribution < -0.4 is 9.47 Å². The van der Waals surface area contributed by atoms with Gasteiger partial charge in [-0.2, -0.15) is 0 Å². The fourth-order valence-corrected chi connectivity index (χ4v) is 1.99. The van der Waals surface area contributed by atoms with E-state index in [0.29, 0.717) is 35.4 Å². The molecule has 0 saturated heterocycles. The van der Waals surface area contributed by atoms with Gasteiger partial charge in [0.1, 0.15) is 0 Å². The van der Waals surface area contributed by atoms with Gasteiger partial charge in [-0.25, -0.2) is 9.79 Å². The summed E-state index contributed by atoms with van der Waals surface area (Å²) in [5.74, 6) is 1.68. The number of carbonyl (C=O) groups excluding carboxylic acids is 1. The standard InChI is InChI=1S/C16H19NO4/c1-10(2)7-15-17-12(16(18)21-15)8-11-5-6-13(19-3)14(9-11)20-4/h5-6,8-10H,7H2,1-4H3/b12-8+. The lowest BCUT2D eigenvalue weighted by atomic mass is 10.1. The van der Waals surface area contributed by atoms with Gasteiger partial charge in [-0.15, -0.1) is 0 Å². The Balaban J connectivity index is 2.27. The number of esters is 1. The lowest BCUT2D eigenvalue weighted by molar-refractivity contribution is -0.130. The van der Waals surface area contributed by atoms with E-state index in [1.165, 1.54) is 0 Å². The van der Waals surface area contributed by atoms with E-state index < -0.39 is 5.97 Å². The van der Waals surface area contributed by atoms with Crippen molar-refractivity contribution in [2.75, 3.05) is 14.2 Å². The monoisotopic (exact) mass is 289 g/mol. The summed E-state index contributed by atoms with van der Waals surface area (Å²) >= 11 is 0. The number of aliphatic imine (C=N–C) groups is 1. The first-order valence-corrected chi connectivity index (χ1v) is 6.77. The molecule has 1 aromatic rings. The van der Waals surface area contributed by atoms with Crippen molar-refractivity contribution >= 4 is 17.9 Å². The molecule has 21 heavy (non-hydrogen) atoms. The maximum Gasteiger partial charge on any atom is 0.363 e. The summed E-state index contributed by atoms with van der Waals surface area (Å²) in [6.45, 7) is 4.10. The molecular weight excluding hydrogens is 270 g/mol. The molecule has 112 valence electrons. The van der Waals surface area contributed by atoms with Gasteiger partial charge in [-0.1, -0.05) is 19.9 Å². The van der Waals surface area contributed by atoms with Gasteiger partial charge in [-0.05, 0) is 29.7 Å². The second-order valence-electron chi connectivity index (χ2n) is 5.14. The van der Waals surface area contributed by atoms with E-state index in [2.05, 4.69) is 4.99 Å². The Morgan fingerprint density at radius 3 is 2.57 bits per heavy atom. The third-order valence-electron chi connectivity index (χ3n) is 2.96. The van der Waals surface area contributed by atoms with Gasteiger partial charge in [-0.3, -0.25) is 0 Å². The summed E-state index contributed by atoms with van der Waals surface area (Å²) in [7, 11) is 3.14. The van der Waals surface area contributed by atoms with Gasteiger partial charge in [0, 0.05) is 6.42 Å². The first-order valence-electron chi connectivity index (χ1n) is 6.77. The van der Waals surface area contributed by atoms with Crippen molar-refractivity contribution in [3.8, 4) is 11.5 Å². The summed E-state index contributed by atoms with van der Waals surface area (Å²) in [6.07, 6.45) is 2.33. The molecule has 0 unspecified atom stereocenters. The lowest BCUT2D eigenvalue weighted by Gasteiger charge is -2.07. The summed E-state index contributed by atoms with van der Waals surface area (Å²) in [5, 5.41) is 0. The highest BCUT2D eigenvalue weighted by Crippen LogP contribution is 2.29. The van der Waals surface area contributed by atoms with Crippen LogP contribution in [0.5, 0.6) is 11.5 Å². The molecule has 1 heterocycles. The summed E-state index contributed by atoms with van der Waals surface area (Å²) in [6, 6.07) is 5.40. The molecule has 1 aliphatic heterocycles. The molecule has 0 saturated carbocycles. The van der Waals surface area contributed by atoms with Crippen LogP contribution in [0.2, 0.25) is 0 Å². The Morgan fingerprint density at radius 1 is 1.24 bits per heavy atom. The zero-order valence-electron chi connectivity index (χ0n) is 12.7. The van der Waals surface area contributed by atoms with Crippen LogP contribution in [0.3, 0.4) is 0 Å². The van der Waals surface area contributed by atoms with Crippen molar-refractivity contribution in [1.29, 1.82) is 0 Å². The molecule has 0 radical (unpaired) electrons. The molecule has 0 aliphatic carbocycles. The molecule has 0 N–H and O–H groups in total. The molecule has 0 atom stereocenters. The van der Waals surface area contributed by atoms with Crippen LogP contribution in [0.1, 0.15) is 25.8 Å². The zero-order chi connectivity index (χ0) is 15.4. The van der Waals surface area contributed by atoms with E-state index in [9.17, 15) is 4.79 Å². The predicted octanol–water partition coefficient (Wildman–Crippen LogP) is 3.05. The molecule has 0 bridgehead atoms. The van der Waals surface area contributed by atoms with Crippen LogP contribution in [0.4, 0.5) is 0 Å². The molecule has 0 spiro atoms. The maximum atomic E-state index is 11.8. The second kappa shape index (κ2) is 6.43. The van der Waals surface area contributed by atoms with E-state index >= 15 is 0 Å². The molecule has 1 aliphatic rings. The van der Waals surface area contributed by atoms with Crippen LogP contribution in [0.25, 0.3) is 6.08 Å². The van der Waals surface area contributed by atoms with Crippen LogP contribution >= 0.6 is 0 Å². The van der Waals surface area contributed by atoms with E-state index in [4.69, 9.17) is 14.2 Å². The Bertz CT molecular complexity index is 602. The number of rotatable bonds is 5. The largest absolute Gasteiger partial charge is 0.493 e. The topological polar surface area (TPSA) is 57.1 Å². The van der Waals surface area contributed by atoms with Crippen LogP contribution in [0.15, 0.2) is 28.9 Å². The highest BCUT2D eigenvalue weighted by Gasteiger charge is 2.23. The molecule has 5 nitrogen and oxygen atoms in total. The number of nitrogens with zero attached hydrogens (tertiary/aromatic N) is 1. The van der Waals surface area contributed by atoms with E-state index in [-0.39, 0.29) is 0 Å². The van der Waals surface area contributed by atoms with Gasteiger partial charge < -0.3 is 14.2 Å². The lowest BCUT2D eigenvalue weighted by Crippen LogP contribution is -2.06. The normalized spacial score (nSPS) is 16.1. The van der Waals surface area contributed by atoms with E-state index in [1.807, 2.05) is 19.9 Å². The molecule has 1 aromatic carbocycles. The van der Waals surface area contributed by atoms with Crippen molar-refractivity contribution in [1.82, 2.24) is 0 Å². The summed E-state index contributed by atoms with van der Waals surface area (Å²) < 4.78 is 15.6. The van der Waals surface area contributed by atoms with Crippen molar-refractivity contribution in [2.45, 2.75) is 20.3 Å². The van der Waals surface area contributed by atoms with Gasteiger partial charge >= 0.3 is 5.97 Å². The van der Waals surface area contributed by atoms with Crippen LogP contribution in [-0.2, 0) is 9.53 Å². The third kappa shape index (κ3) is 3.62. The number of methoxy groups -OCH3 is 2. The second-order valence-corrected chi connectivity index (χ2v) is 5.14. The third-order valence-corrected chi connectivity index (χ3v) is 2.96. The maximum absolute atomic E-state index is 11.8. The van der Waals surface area contributed by atoms with Crippen molar-refractivity contribution in [3.05, 3.63) is 29.5 Å². The summed E-state index contributed by atoms with van der Waals surface area (Å²) in [4.78, 5) is 16.0. The van der Waals surface area contributed by atoms with E-state index in [0.717, 1.165) is 5.56 Å². The van der Waals surface area contributed by atoms with Crippen LogP contribution in [0, 0.1) is 5.92 Å². The fraction of sp³-hybridized carbons (Fsp3) is 0.375. The first kappa shape index (κ1) is 15.1. The molecule has 0 aromatic heterocycles. The number of hydrogen-bond acceptors (Lipinski definition) is 5. The highest BCUT2D eigenvalue weighted by atomic mass is 16.6. The zero-order valence-corrected chi connectivity index (χ0v) is 12.7. The smallest absolute Gasteiger partial charge is 0.363 e. The number of benzene rings is 1. The highest BCUT2D eigenvalue weighted by molar-refractivity contribution is 6.07. The van der Waals surface area contributed by atoms with Gasteiger partial charge in [0.15, 0.2) is 23.1 Å². The predicted molar refractivity (Wildman–Crippen MR) is 80.5 cm³/mol. The molecule has 0 fully saturated rings. The molecular formula is C16H19NO4. The quantitative estimate of drug-likeness (QED) is 0.617. The van der Waals surface area contributed by atoms with Crippen LogP contribution in [-0.4, -0.2) is 26.1 Å². The van der Waals surface area contributed by atoms with Gasteiger partial charge in [0.2, 0.25) is 0 Å². The average Bonchev–Trinajstić information content (AvgIpc) is 2.77. The average molecular weight is 289 g/mol. The summed E-state index contributed by atoms with van der Waals surface area (Å²) in [5.41, 5.74) is 1.10. The Morgan fingerprint density at radius 2 is 1.95 bits per heavy atom. The number of cyclic esters (lactones) is 1. The Hall–Kier alpha value is -2.30. The minimum absolute atomic E-state index is 0.304. The number of hydrogen-bond donors (Lipinski definition) is 0. The molecule has 0 amide bonds. The molecule has 2 rings (SSSR count). The minimum Gasteiger partial charge on any atom is -0.493 e. The van der Waals surface area contributed by atoms with Gasteiger partial charge in [0.25, 0.3) is 0 Å². The SMILES string of the molecule is COc1ccc(/C=C2/N=C(CC(C)C)OC2=O)cc1OC. The van der Waals surface area contributed by atoms with Crippen molar-refractivity contribution in [3.63, 3.8) is 0 Å². The number of carbonyl (C=O) groups is 1. The molecule has 5 heteroatoms. The van der Waals surface area contributed by atoms with Gasteiger partial charge in [0.05, 0.1) is 14.2 Å². The van der Waals surface area contributed by atoms with Crippen molar-refractivity contribution < 1.29 is 19.0 Å². The minimum atomic E-state index is -0.416. The fourth-order valence-electron chi connectivity index (χ4n) is 1.99. The first-order chi connectivity index (χ1) is 10.0. The Kier molecular flexibility index (Phi) is 4.62.